The summed E-state index contributed by atoms with van der Waals surface area (Å²) >= 11 is 0. The highest BCUT2D eigenvalue weighted by molar-refractivity contribution is 5.92. The molecule has 1 aliphatic heterocycles. The third-order valence-electron chi connectivity index (χ3n) is 3.01. The number of nitrogens with one attached hydrogen (secondary N) is 2. The lowest BCUT2D eigenvalue weighted by Crippen LogP contribution is -2.46. The molecule has 0 radical (unpaired) electrons. The van der Waals surface area contributed by atoms with E-state index < -0.39 is 18.2 Å². The number of nitrogens with zero attached hydrogens (tertiary/aromatic N) is 1. The van der Waals surface area contributed by atoms with Gasteiger partial charge in [0.1, 0.15) is 0 Å². The first-order valence-corrected chi connectivity index (χ1v) is 6.52. The largest absolute Gasteiger partial charge is 0.432 e. The molecule has 1 aromatic rings. The van der Waals surface area contributed by atoms with Gasteiger partial charge in [-0.15, -0.1) is 0 Å². The number of amides is 1. The van der Waals surface area contributed by atoms with Crippen LogP contribution < -0.4 is 15.4 Å². The highest BCUT2D eigenvalue weighted by Crippen LogP contribution is 2.22. The van der Waals surface area contributed by atoms with E-state index >= 15 is 0 Å². The first-order valence-electron chi connectivity index (χ1n) is 6.52. The molecule has 0 aliphatic carbocycles. The smallest absolute Gasteiger partial charge is 0.387 e. The van der Waals surface area contributed by atoms with Crippen LogP contribution in [-0.4, -0.2) is 50.1 Å². The third-order valence-corrected chi connectivity index (χ3v) is 3.01. The number of hydrogen-bond acceptors (Lipinski definition) is 4. The zero-order chi connectivity index (χ0) is 15.2. The molecule has 21 heavy (non-hydrogen) atoms. The van der Waals surface area contributed by atoms with Crippen molar-refractivity contribution < 1.29 is 22.7 Å². The second-order valence-corrected chi connectivity index (χ2v) is 4.60. The molecule has 1 amide bonds. The van der Waals surface area contributed by atoms with Crippen LogP contribution in [0.4, 0.5) is 18.9 Å². The van der Waals surface area contributed by atoms with Crippen molar-refractivity contribution in [3.8, 4) is 5.75 Å². The molecule has 1 heterocycles. The van der Waals surface area contributed by atoms with Crippen LogP contribution in [0.25, 0.3) is 0 Å². The minimum Gasteiger partial charge on any atom is -0.432 e. The van der Waals surface area contributed by atoms with Gasteiger partial charge in [0.15, 0.2) is 11.6 Å². The van der Waals surface area contributed by atoms with E-state index in [1.807, 2.05) is 4.90 Å². The van der Waals surface area contributed by atoms with Gasteiger partial charge in [0.25, 0.3) is 0 Å². The Morgan fingerprint density at radius 1 is 1.38 bits per heavy atom. The molecule has 2 N–H and O–H groups in total. The Morgan fingerprint density at radius 3 is 2.71 bits per heavy atom. The summed E-state index contributed by atoms with van der Waals surface area (Å²) in [4.78, 5) is 13.8. The Labute approximate surface area is 120 Å². The van der Waals surface area contributed by atoms with E-state index in [4.69, 9.17) is 0 Å². The monoisotopic (exact) mass is 303 g/mol. The molecule has 0 unspecified atom stereocenters. The van der Waals surface area contributed by atoms with Gasteiger partial charge in [0, 0.05) is 37.9 Å². The van der Waals surface area contributed by atoms with Gasteiger partial charge in [-0.05, 0) is 12.1 Å². The van der Waals surface area contributed by atoms with Crippen molar-refractivity contribution in [2.45, 2.75) is 6.61 Å². The molecule has 0 atom stereocenters. The molecular weight excluding hydrogens is 287 g/mol. The summed E-state index contributed by atoms with van der Waals surface area (Å²) in [5, 5.41) is 5.70. The van der Waals surface area contributed by atoms with Crippen molar-refractivity contribution in [3.05, 3.63) is 24.0 Å². The molecule has 0 saturated carbocycles. The molecule has 116 valence electrons. The average molecular weight is 303 g/mol. The van der Waals surface area contributed by atoms with E-state index in [2.05, 4.69) is 15.4 Å². The lowest BCUT2D eigenvalue weighted by molar-refractivity contribution is -0.117. The van der Waals surface area contributed by atoms with Crippen LogP contribution in [0.3, 0.4) is 0 Å². The minimum atomic E-state index is -3.09. The lowest BCUT2D eigenvalue weighted by Gasteiger charge is -2.26. The number of alkyl halides is 2. The molecule has 1 aromatic carbocycles. The van der Waals surface area contributed by atoms with Crippen molar-refractivity contribution in [1.82, 2.24) is 10.2 Å². The highest BCUT2D eigenvalue weighted by Gasteiger charge is 2.15. The molecule has 8 heteroatoms. The van der Waals surface area contributed by atoms with Crippen molar-refractivity contribution in [3.63, 3.8) is 0 Å². The molecule has 0 aromatic heterocycles. The van der Waals surface area contributed by atoms with Gasteiger partial charge in [-0.1, -0.05) is 0 Å². The van der Waals surface area contributed by atoms with Gasteiger partial charge in [-0.25, -0.2) is 4.39 Å². The van der Waals surface area contributed by atoms with Crippen LogP contribution >= 0.6 is 0 Å². The molecule has 1 saturated heterocycles. The first kappa shape index (κ1) is 15.6. The zero-order valence-corrected chi connectivity index (χ0v) is 11.2. The number of hydrogen-bond donors (Lipinski definition) is 2. The maximum Gasteiger partial charge on any atom is 0.387 e. The van der Waals surface area contributed by atoms with Crippen molar-refractivity contribution in [2.24, 2.45) is 0 Å². The lowest BCUT2D eigenvalue weighted by atomic mass is 10.3. The van der Waals surface area contributed by atoms with Crippen LogP contribution in [0, 0.1) is 5.82 Å². The van der Waals surface area contributed by atoms with Gasteiger partial charge in [0.05, 0.1) is 6.54 Å². The second kappa shape index (κ2) is 7.28. The SMILES string of the molecule is O=C(CN1CCNCC1)Nc1ccc(OC(F)F)c(F)c1. The fourth-order valence-corrected chi connectivity index (χ4v) is 2.04. The first-order chi connectivity index (χ1) is 10.0. The number of halogens is 3. The third kappa shape index (κ3) is 4.91. The molecule has 2 rings (SSSR count). The number of carbonyl (C=O) groups is 1. The molecule has 0 spiro atoms. The van der Waals surface area contributed by atoms with Gasteiger partial charge in [-0.3, -0.25) is 9.69 Å². The fourth-order valence-electron chi connectivity index (χ4n) is 2.04. The summed E-state index contributed by atoms with van der Waals surface area (Å²) in [5.74, 6) is -1.78. The summed E-state index contributed by atoms with van der Waals surface area (Å²) in [6, 6.07) is 3.33. The minimum absolute atomic E-state index is 0.203. The Balaban J connectivity index is 1.89. The summed E-state index contributed by atoms with van der Waals surface area (Å²) in [6.45, 7) is 0.292. The van der Waals surface area contributed by atoms with E-state index in [1.54, 1.807) is 0 Å². The number of anilines is 1. The number of carbonyl (C=O) groups excluding carboxylic acids is 1. The van der Waals surface area contributed by atoms with Crippen LogP contribution in [0.2, 0.25) is 0 Å². The number of piperazine rings is 1. The van der Waals surface area contributed by atoms with Crippen LogP contribution in [0.15, 0.2) is 18.2 Å². The summed E-state index contributed by atoms with van der Waals surface area (Å²) in [5.41, 5.74) is 0.203. The quantitative estimate of drug-likeness (QED) is 0.860. The molecule has 5 nitrogen and oxygen atoms in total. The van der Waals surface area contributed by atoms with E-state index in [0.717, 1.165) is 38.3 Å². The van der Waals surface area contributed by atoms with E-state index in [0.29, 0.717) is 0 Å². The van der Waals surface area contributed by atoms with Gasteiger partial charge >= 0.3 is 6.61 Å². The molecule has 1 aliphatic rings. The van der Waals surface area contributed by atoms with Crippen molar-refractivity contribution >= 4 is 11.6 Å². The zero-order valence-electron chi connectivity index (χ0n) is 11.2. The maximum atomic E-state index is 13.5. The summed E-state index contributed by atoms with van der Waals surface area (Å²) in [7, 11) is 0. The predicted octanol–water partition coefficient (Wildman–Crippen LogP) is 1.27. The fraction of sp³-hybridized carbons (Fsp3) is 0.462. The molecule has 1 fully saturated rings. The van der Waals surface area contributed by atoms with Gasteiger partial charge in [0.2, 0.25) is 5.91 Å². The van der Waals surface area contributed by atoms with E-state index in [1.165, 1.54) is 6.07 Å². The van der Waals surface area contributed by atoms with E-state index in [-0.39, 0.29) is 18.1 Å². The van der Waals surface area contributed by atoms with Crippen LogP contribution in [0.5, 0.6) is 5.75 Å². The van der Waals surface area contributed by atoms with E-state index in [9.17, 15) is 18.0 Å². The van der Waals surface area contributed by atoms with Gasteiger partial charge in [-0.2, -0.15) is 8.78 Å². The molecular formula is C13H16F3N3O2. The van der Waals surface area contributed by atoms with Crippen molar-refractivity contribution in [2.75, 3.05) is 38.0 Å². The van der Waals surface area contributed by atoms with Crippen LogP contribution in [0.1, 0.15) is 0 Å². The highest BCUT2D eigenvalue weighted by atomic mass is 19.3. The summed E-state index contributed by atoms with van der Waals surface area (Å²) < 4.78 is 41.5. The Bertz CT molecular complexity index is 494. The second-order valence-electron chi connectivity index (χ2n) is 4.60. The Morgan fingerprint density at radius 2 is 2.10 bits per heavy atom. The maximum absolute atomic E-state index is 13.5. The predicted molar refractivity (Wildman–Crippen MR) is 71.0 cm³/mol. The number of ether oxygens (including phenoxy) is 1. The standard InChI is InChI=1S/C13H16F3N3O2/c14-10-7-9(1-2-11(10)21-13(15)16)18-12(20)8-19-5-3-17-4-6-19/h1-2,7,13,17H,3-6,8H2,(H,18,20). The number of rotatable bonds is 5. The van der Waals surface area contributed by atoms with Gasteiger partial charge < -0.3 is 15.4 Å². The average Bonchev–Trinajstić information content (AvgIpc) is 2.42. The normalized spacial score (nSPS) is 16.0. The Kier molecular flexibility index (Phi) is 5.40. The molecule has 0 bridgehead atoms. The number of benzene rings is 1. The van der Waals surface area contributed by atoms with Crippen molar-refractivity contribution in [1.29, 1.82) is 0 Å². The van der Waals surface area contributed by atoms with Crippen LogP contribution in [-0.2, 0) is 4.79 Å². The summed E-state index contributed by atoms with van der Waals surface area (Å²) in [6.07, 6.45) is 0. The Hall–Kier alpha value is -1.80. The topological polar surface area (TPSA) is 53.6 Å².